The number of nitrogens with zero attached hydrogens (tertiary/aromatic N) is 4. The average Bonchev–Trinajstić information content (AvgIpc) is 3.16. The molecule has 152 valence electrons. The van der Waals surface area contributed by atoms with Gasteiger partial charge in [0.1, 0.15) is 24.9 Å². The normalized spacial score (nSPS) is 16.8. The third-order valence-corrected chi connectivity index (χ3v) is 5.19. The molecule has 0 bridgehead atoms. The van der Waals surface area contributed by atoms with E-state index in [1.807, 2.05) is 49.4 Å². The van der Waals surface area contributed by atoms with Gasteiger partial charge in [-0.1, -0.05) is 12.1 Å². The molecule has 0 aliphatic carbocycles. The quantitative estimate of drug-likeness (QED) is 0.563. The molecule has 5 rings (SSSR count). The first-order valence-electron chi connectivity index (χ1n) is 9.87. The van der Waals surface area contributed by atoms with Crippen LogP contribution in [0.3, 0.4) is 0 Å². The van der Waals surface area contributed by atoms with Gasteiger partial charge in [0.25, 0.3) is 5.91 Å². The van der Waals surface area contributed by atoms with Crippen LogP contribution >= 0.6 is 0 Å². The molecule has 1 fully saturated rings. The van der Waals surface area contributed by atoms with Crippen molar-refractivity contribution in [2.75, 3.05) is 26.3 Å². The number of fused-ring (bicyclic) bond motifs is 2. The highest BCUT2D eigenvalue weighted by Gasteiger charge is 2.26. The number of H-pyrrole nitrogens is 1. The highest BCUT2D eigenvalue weighted by Crippen LogP contribution is 2.22. The van der Waals surface area contributed by atoms with Gasteiger partial charge in [-0.2, -0.15) is 0 Å². The number of carbonyl (C=O) groups is 1. The number of morpholine rings is 1. The van der Waals surface area contributed by atoms with Crippen LogP contribution in [-0.4, -0.2) is 63.2 Å². The van der Waals surface area contributed by atoms with Gasteiger partial charge in [0, 0.05) is 12.1 Å². The lowest BCUT2D eigenvalue weighted by Gasteiger charge is -2.32. The zero-order valence-electron chi connectivity index (χ0n) is 16.5. The second-order valence-electron chi connectivity index (χ2n) is 7.31. The maximum atomic E-state index is 13.0. The number of hydrogen-bond acceptors (Lipinski definition) is 6. The summed E-state index contributed by atoms with van der Waals surface area (Å²) in [4.78, 5) is 30.9. The minimum absolute atomic E-state index is 0.0232. The van der Waals surface area contributed by atoms with E-state index in [9.17, 15) is 4.79 Å². The van der Waals surface area contributed by atoms with Crippen molar-refractivity contribution in [3.8, 4) is 5.88 Å². The van der Waals surface area contributed by atoms with Crippen LogP contribution in [-0.2, 0) is 4.74 Å². The van der Waals surface area contributed by atoms with E-state index in [4.69, 9.17) is 9.47 Å². The monoisotopic (exact) mass is 403 g/mol. The van der Waals surface area contributed by atoms with Gasteiger partial charge in [-0.25, -0.2) is 15.0 Å². The Bertz CT molecular complexity index is 1220. The molecule has 1 saturated heterocycles. The van der Waals surface area contributed by atoms with E-state index in [0.29, 0.717) is 37.7 Å². The molecule has 1 unspecified atom stereocenters. The van der Waals surface area contributed by atoms with Crippen molar-refractivity contribution in [3.63, 3.8) is 0 Å². The van der Waals surface area contributed by atoms with Gasteiger partial charge >= 0.3 is 0 Å². The minimum Gasteiger partial charge on any atom is -0.474 e. The van der Waals surface area contributed by atoms with Crippen molar-refractivity contribution in [2.24, 2.45) is 0 Å². The predicted molar refractivity (Wildman–Crippen MR) is 112 cm³/mol. The first kappa shape index (κ1) is 18.5. The van der Waals surface area contributed by atoms with E-state index in [1.54, 1.807) is 4.90 Å². The Morgan fingerprint density at radius 2 is 2.13 bits per heavy atom. The highest BCUT2D eigenvalue weighted by atomic mass is 16.5. The Labute approximate surface area is 172 Å². The van der Waals surface area contributed by atoms with E-state index in [0.717, 1.165) is 27.8 Å². The molecule has 8 heteroatoms. The van der Waals surface area contributed by atoms with Crippen LogP contribution in [0.4, 0.5) is 0 Å². The summed E-state index contributed by atoms with van der Waals surface area (Å²) in [5.41, 5.74) is 3.18. The lowest BCUT2D eigenvalue weighted by molar-refractivity contribution is -0.0404. The minimum atomic E-state index is -0.227. The number of imidazole rings is 1. The number of aromatic amines is 1. The van der Waals surface area contributed by atoms with Crippen molar-refractivity contribution in [1.29, 1.82) is 0 Å². The molecule has 0 radical (unpaired) electrons. The molecule has 1 amide bonds. The molecule has 1 aliphatic heterocycles. The second-order valence-corrected chi connectivity index (χ2v) is 7.31. The number of amides is 1. The highest BCUT2D eigenvalue weighted by molar-refractivity contribution is 5.97. The molecule has 30 heavy (non-hydrogen) atoms. The summed E-state index contributed by atoms with van der Waals surface area (Å²) in [6, 6.07) is 13.2. The third kappa shape index (κ3) is 3.57. The SMILES string of the molecule is Cc1nc2ccc(C(=O)N3CCOC(COc4ncnc5ccccc45)C3)cc2[nH]1. The predicted octanol–water partition coefficient (Wildman–Crippen LogP) is 2.73. The van der Waals surface area contributed by atoms with Gasteiger partial charge in [-0.15, -0.1) is 0 Å². The topological polar surface area (TPSA) is 93.2 Å². The Morgan fingerprint density at radius 1 is 1.23 bits per heavy atom. The molecule has 1 atom stereocenters. The average molecular weight is 403 g/mol. The number of carbonyl (C=O) groups excluding carboxylic acids is 1. The number of rotatable bonds is 4. The van der Waals surface area contributed by atoms with Crippen LogP contribution in [0.5, 0.6) is 5.88 Å². The molecule has 3 heterocycles. The van der Waals surface area contributed by atoms with E-state index in [-0.39, 0.29) is 12.0 Å². The summed E-state index contributed by atoms with van der Waals surface area (Å²) in [6.07, 6.45) is 1.26. The van der Waals surface area contributed by atoms with Crippen LogP contribution in [0, 0.1) is 6.92 Å². The van der Waals surface area contributed by atoms with Crippen molar-refractivity contribution in [3.05, 3.63) is 60.2 Å². The maximum Gasteiger partial charge on any atom is 0.254 e. The number of ether oxygens (including phenoxy) is 2. The Morgan fingerprint density at radius 3 is 3.07 bits per heavy atom. The molecular formula is C22H21N5O3. The molecule has 0 saturated carbocycles. The van der Waals surface area contributed by atoms with Crippen molar-refractivity contribution >= 4 is 27.8 Å². The van der Waals surface area contributed by atoms with Crippen LogP contribution in [0.15, 0.2) is 48.8 Å². The smallest absolute Gasteiger partial charge is 0.254 e. The van der Waals surface area contributed by atoms with E-state index in [2.05, 4.69) is 19.9 Å². The summed E-state index contributed by atoms with van der Waals surface area (Å²) in [7, 11) is 0. The summed E-state index contributed by atoms with van der Waals surface area (Å²) < 4.78 is 11.7. The zero-order chi connectivity index (χ0) is 20.5. The fraction of sp³-hybridized carbons (Fsp3) is 0.273. The maximum absolute atomic E-state index is 13.0. The Balaban J connectivity index is 1.27. The number of para-hydroxylation sites is 1. The first-order valence-corrected chi connectivity index (χ1v) is 9.87. The van der Waals surface area contributed by atoms with Crippen LogP contribution in [0.1, 0.15) is 16.2 Å². The number of hydrogen-bond donors (Lipinski definition) is 1. The largest absolute Gasteiger partial charge is 0.474 e. The van der Waals surface area contributed by atoms with Gasteiger partial charge in [0.15, 0.2) is 0 Å². The Kier molecular flexibility index (Phi) is 4.76. The zero-order valence-corrected chi connectivity index (χ0v) is 16.5. The standard InChI is InChI=1S/C22H21N5O3/c1-14-25-19-7-6-15(10-20(19)26-14)22(28)27-8-9-29-16(11-27)12-30-21-17-4-2-3-5-18(17)23-13-24-21/h2-7,10,13,16H,8-9,11-12H2,1H3,(H,25,26). The Hall–Kier alpha value is -3.52. The molecule has 2 aromatic carbocycles. The van der Waals surface area contributed by atoms with Crippen LogP contribution in [0.2, 0.25) is 0 Å². The lowest BCUT2D eigenvalue weighted by Crippen LogP contribution is -2.47. The first-order chi connectivity index (χ1) is 14.7. The fourth-order valence-electron chi connectivity index (χ4n) is 3.72. The summed E-state index contributed by atoms with van der Waals surface area (Å²) in [5.74, 6) is 1.33. The number of aryl methyl sites for hydroxylation is 1. The molecule has 1 aliphatic rings. The number of aromatic nitrogens is 4. The van der Waals surface area contributed by atoms with E-state index < -0.39 is 0 Å². The fourth-order valence-corrected chi connectivity index (χ4v) is 3.72. The molecule has 0 spiro atoms. The molecule has 2 aromatic heterocycles. The van der Waals surface area contributed by atoms with E-state index >= 15 is 0 Å². The van der Waals surface area contributed by atoms with Crippen LogP contribution < -0.4 is 4.74 Å². The van der Waals surface area contributed by atoms with Gasteiger partial charge in [-0.3, -0.25) is 4.79 Å². The van der Waals surface area contributed by atoms with Crippen molar-refractivity contribution < 1.29 is 14.3 Å². The molecule has 4 aromatic rings. The van der Waals surface area contributed by atoms with Gasteiger partial charge < -0.3 is 19.4 Å². The van der Waals surface area contributed by atoms with Crippen molar-refractivity contribution in [1.82, 2.24) is 24.8 Å². The third-order valence-electron chi connectivity index (χ3n) is 5.19. The summed E-state index contributed by atoms with van der Waals surface area (Å²) in [5, 5.41) is 0.854. The molecule has 8 nitrogen and oxygen atoms in total. The number of benzene rings is 2. The van der Waals surface area contributed by atoms with Gasteiger partial charge in [0.05, 0.1) is 35.1 Å². The van der Waals surface area contributed by atoms with E-state index in [1.165, 1.54) is 6.33 Å². The van der Waals surface area contributed by atoms with Gasteiger partial charge in [-0.05, 0) is 37.3 Å². The van der Waals surface area contributed by atoms with Gasteiger partial charge in [0.2, 0.25) is 5.88 Å². The number of nitrogens with one attached hydrogen (secondary N) is 1. The second kappa shape index (κ2) is 7.72. The van der Waals surface area contributed by atoms with Crippen molar-refractivity contribution in [2.45, 2.75) is 13.0 Å². The molecule has 1 N–H and O–H groups in total. The lowest BCUT2D eigenvalue weighted by atomic mass is 10.1. The summed E-state index contributed by atoms with van der Waals surface area (Å²) in [6.45, 7) is 3.68. The summed E-state index contributed by atoms with van der Waals surface area (Å²) >= 11 is 0. The molecular weight excluding hydrogens is 382 g/mol. The van der Waals surface area contributed by atoms with Crippen LogP contribution in [0.25, 0.3) is 21.9 Å².